The van der Waals surface area contributed by atoms with Gasteiger partial charge in [0.2, 0.25) is 0 Å². The summed E-state index contributed by atoms with van der Waals surface area (Å²) in [4.78, 5) is 0. The van der Waals surface area contributed by atoms with Gasteiger partial charge in [-0.2, -0.15) is 0 Å². The molecule has 0 aromatic heterocycles. The molecule has 4 rings (SSSR count). The highest BCUT2D eigenvalue weighted by atomic mass is 15.0. The Bertz CT molecular complexity index is 436. The Labute approximate surface area is 111 Å². The Hall–Kier alpha value is -0.820. The van der Waals surface area contributed by atoms with Crippen LogP contribution in [0.4, 0.5) is 0 Å². The van der Waals surface area contributed by atoms with Crippen LogP contribution in [-0.2, 0) is 5.41 Å². The molecular weight excluding hydrogens is 218 g/mol. The molecule has 98 valence electrons. The minimum atomic E-state index is 0.473. The summed E-state index contributed by atoms with van der Waals surface area (Å²) in [5.74, 6) is 0. The van der Waals surface area contributed by atoms with E-state index in [-0.39, 0.29) is 0 Å². The van der Waals surface area contributed by atoms with Crippen LogP contribution in [0, 0.1) is 13.8 Å². The van der Waals surface area contributed by atoms with Crippen LogP contribution in [0.15, 0.2) is 18.2 Å². The minimum absolute atomic E-state index is 0.473. The van der Waals surface area contributed by atoms with Crippen LogP contribution in [-0.4, -0.2) is 12.6 Å². The maximum absolute atomic E-state index is 3.60. The van der Waals surface area contributed by atoms with Gasteiger partial charge in [-0.3, -0.25) is 0 Å². The maximum Gasteiger partial charge on any atom is 0.0179 e. The van der Waals surface area contributed by atoms with Crippen LogP contribution in [0.2, 0.25) is 0 Å². The first-order chi connectivity index (χ1) is 8.59. The topological polar surface area (TPSA) is 12.0 Å². The molecule has 1 nitrogen and oxygen atoms in total. The molecule has 3 aliphatic carbocycles. The standard InChI is InChI=1S/C17H25N/c1-13-4-5-15(14(2)12-13)16-6-9-17(18-3,10-7-16)11-8-16/h4-5,12,18H,6-11H2,1-3H3. The first-order valence-corrected chi connectivity index (χ1v) is 7.36. The zero-order valence-corrected chi connectivity index (χ0v) is 12.0. The molecule has 2 bridgehead atoms. The normalized spacial score (nSPS) is 34.8. The number of hydrogen-bond donors (Lipinski definition) is 1. The predicted octanol–water partition coefficient (Wildman–Crippen LogP) is 3.87. The largest absolute Gasteiger partial charge is 0.314 e. The molecule has 0 heterocycles. The van der Waals surface area contributed by atoms with Crippen LogP contribution in [0.5, 0.6) is 0 Å². The summed E-state index contributed by atoms with van der Waals surface area (Å²) in [7, 11) is 2.15. The highest BCUT2D eigenvalue weighted by Gasteiger charge is 2.48. The van der Waals surface area contributed by atoms with Crippen molar-refractivity contribution in [3.05, 3.63) is 34.9 Å². The van der Waals surface area contributed by atoms with Crippen molar-refractivity contribution in [1.29, 1.82) is 0 Å². The molecule has 1 heteroatoms. The molecule has 1 aromatic rings. The van der Waals surface area contributed by atoms with E-state index in [2.05, 4.69) is 44.4 Å². The number of fused-ring (bicyclic) bond motifs is 3. The number of benzene rings is 1. The van der Waals surface area contributed by atoms with Crippen molar-refractivity contribution in [2.45, 2.75) is 63.3 Å². The van der Waals surface area contributed by atoms with Crippen molar-refractivity contribution < 1.29 is 0 Å². The van der Waals surface area contributed by atoms with Crippen LogP contribution in [0.3, 0.4) is 0 Å². The second-order valence-electron chi connectivity index (χ2n) is 6.63. The predicted molar refractivity (Wildman–Crippen MR) is 77.1 cm³/mol. The molecule has 0 spiro atoms. The van der Waals surface area contributed by atoms with E-state index in [0.717, 1.165) is 0 Å². The van der Waals surface area contributed by atoms with Gasteiger partial charge in [-0.05, 0) is 76.0 Å². The molecule has 0 radical (unpaired) electrons. The molecule has 0 unspecified atom stereocenters. The summed E-state index contributed by atoms with van der Waals surface area (Å²) < 4.78 is 0. The van der Waals surface area contributed by atoms with Crippen LogP contribution >= 0.6 is 0 Å². The molecular formula is C17H25N. The summed E-state index contributed by atoms with van der Waals surface area (Å²) >= 11 is 0. The van der Waals surface area contributed by atoms with Gasteiger partial charge in [0.15, 0.2) is 0 Å². The summed E-state index contributed by atoms with van der Waals surface area (Å²) in [6, 6.07) is 7.06. The Morgan fingerprint density at radius 3 is 2.06 bits per heavy atom. The summed E-state index contributed by atoms with van der Waals surface area (Å²) in [6.45, 7) is 4.49. The zero-order chi connectivity index (χ0) is 12.8. The maximum atomic E-state index is 3.60. The number of nitrogens with one attached hydrogen (secondary N) is 1. The zero-order valence-electron chi connectivity index (χ0n) is 12.0. The van der Waals surface area contributed by atoms with E-state index in [1.807, 2.05) is 0 Å². The third-order valence-corrected chi connectivity index (χ3v) is 5.73. The molecule has 1 aromatic carbocycles. The van der Waals surface area contributed by atoms with Crippen molar-refractivity contribution in [2.75, 3.05) is 7.05 Å². The SMILES string of the molecule is CNC12CCC(c3ccc(C)cc3C)(CC1)CC2. The second kappa shape index (κ2) is 4.09. The third kappa shape index (κ3) is 1.72. The fourth-order valence-corrected chi connectivity index (χ4v) is 4.37. The molecule has 0 atom stereocenters. The van der Waals surface area contributed by atoms with Crippen LogP contribution in [0.25, 0.3) is 0 Å². The Morgan fingerprint density at radius 1 is 0.944 bits per heavy atom. The van der Waals surface area contributed by atoms with Gasteiger partial charge < -0.3 is 5.32 Å². The molecule has 1 N–H and O–H groups in total. The molecule has 0 saturated heterocycles. The van der Waals surface area contributed by atoms with Crippen molar-refractivity contribution in [1.82, 2.24) is 5.32 Å². The summed E-state index contributed by atoms with van der Waals surface area (Å²) in [6.07, 6.45) is 8.19. The van der Waals surface area contributed by atoms with Crippen molar-refractivity contribution >= 4 is 0 Å². The number of hydrogen-bond acceptors (Lipinski definition) is 1. The lowest BCUT2D eigenvalue weighted by atomic mass is 9.54. The molecule has 3 saturated carbocycles. The van der Waals surface area contributed by atoms with Gasteiger partial charge in [0, 0.05) is 5.54 Å². The molecule has 18 heavy (non-hydrogen) atoms. The van der Waals surface area contributed by atoms with Crippen molar-refractivity contribution in [3.8, 4) is 0 Å². The van der Waals surface area contributed by atoms with Gasteiger partial charge in [-0.1, -0.05) is 23.8 Å². The quantitative estimate of drug-likeness (QED) is 0.831. The molecule has 3 aliphatic rings. The van der Waals surface area contributed by atoms with E-state index in [0.29, 0.717) is 11.0 Å². The Morgan fingerprint density at radius 2 is 1.56 bits per heavy atom. The molecule has 3 fully saturated rings. The van der Waals surface area contributed by atoms with Gasteiger partial charge in [0.25, 0.3) is 0 Å². The van der Waals surface area contributed by atoms with Gasteiger partial charge in [-0.25, -0.2) is 0 Å². The Balaban J connectivity index is 1.94. The fraction of sp³-hybridized carbons (Fsp3) is 0.647. The fourth-order valence-electron chi connectivity index (χ4n) is 4.37. The smallest absolute Gasteiger partial charge is 0.0179 e. The highest BCUT2D eigenvalue weighted by Crippen LogP contribution is 2.54. The lowest BCUT2D eigenvalue weighted by molar-refractivity contribution is 0.0831. The second-order valence-corrected chi connectivity index (χ2v) is 6.63. The first kappa shape index (κ1) is 12.2. The van der Waals surface area contributed by atoms with Gasteiger partial charge >= 0.3 is 0 Å². The van der Waals surface area contributed by atoms with Gasteiger partial charge in [0.05, 0.1) is 0 Å². The lowest BCUT2D eigenvalue weighted by Crippen LogP contribution is -2.55. The highest BCUT2D eigenvalue weighted by molar-refractivity contribution is 5.38. The van der Waals surface area contributed by atoms with Crippen molar-refractivity contribution in [2.24, 2.45) is 0 Å². The average molecular weight is 243 g/mol. The minimum Gasteiger partial charge on any atom is -0.314 e. The number of aryl methyl sites for hydroxylation is 2. The average Bonchev–Trinajstić information content (AvgIpc) is 2.40. The van der Waals surface area contributed by atoms with E-state index in [1.165, 1.54) is 49.7 Å². The van der Waals surface area contributed by atoms with E-state index in [4.69, 9.17) is 0 Å². The summed E-state index contributed by atoms with van der Waals surface area (Å²) in [5, 5.41) is 3.60. The molecule has 0 amide bonds. The summed E-state index contributed by atoms with van der Waals surface area (Å²) in [5.41, 5.74) is 5.51. The van der Waals surface area contributed by atoms with E-state index >= 15 is 0 Å². The first-order valence-electron chi connectivity index (χ1n) is 7.36. The lowest BCUT2D eigenvalue weighted by Gasteiger charge is -2.54. The van der Waals surface area contributed by atoms with Crippen LogP contribution < -0.4 is 5.32 Å². The van der Waals surface area contributed by atoms with Crippen molar-refractivity contribution in [3.63, 3.8) is 0 Å². The van der Waals surface area contributed by atoms with Crippen LogP contribution in [0.1, 0.15) is 55.2 Å². The third-order valence-electron chi connectivity index (χ3n) is 5.73. The van der Waals surface area contributed by atoms with Gasteiger partial charge in [0.1, 0.15) is 0 Å². The Kier molecular flexibility index (Phi) is 2.78. The monoisotopic (exact) mass is 243 g/mol. The van der Waals surface area contributed by atoms with E-state index in [9.17, 15) is 0 Å². The molecule has 0 aliphatic heterocycles. The van der Waals surface area contributed by atoms with E-state index in [1.54, 1.807) is 5.56 Å². The van der Waals surface area contributed by atoms with Gasteiger partial charge in [-0.15, -0.1) is 0 Å². The number of rotatable bonds is 2. The van der Waals surface area contributed by atoms with E-state index < -0.39 is 0 Å².